The molecule has 6 aromatic rings. The molecule has 0 aliphatic carbocycles. The fourth-order valence-corrected chi connectivity index (χ4v) is 9.46. The Labute approximate surface area is 286 Å². The molecule has 0 N–H and O–H groups in total. The van der Waals surface area contributed by atoms with E-state index < -0.39 is 0 Å². The van der Waals surface area contributed by atoms with Gasteiger partial charge in [-0.25, -0.2) is 4.90 Å². The molecule has 0 aromatic carbocycles. The number of hydrogen-bond acceptors (Lipinski definition) is 16. The lowest BCUT2D eigenvalue weighted by atomic mass is 10.4. The standard InChI is InChI=1S/C30H18N10S6/c1-7-19(41-13-1)37(20-8-2-14-42-20)25-31-28-33-26(38(21-9-3-15-43-21)22-10-4-16-44-22)35-30-36-27(34-29(32-25)40(28)30)39(23-11-5-17-45-23)24-12-6-18-46-24/h1-18H. The van der Waals surface area contributed by atoms with E-state index in [9.17, 15) is 0 Å². The molecule has 0 atom stereocenters. The van der Waals surface area contributed by atoms with Crippen molar-refractivity contribution in [3.8, 4) is 0 Å². The van der Waals surface area contributed by atoms with E-state index in [1.165, 1.54) is 0 Å². The van der Waals surface area contributed by atoms with Gasteiger partial charge in [-0.2, -0.15) is 30.0 Å². The number of guanidine groups is 6. The van der Waals surface area contributed by atoms with Crippen molar-refractivity contribution in [2.45, 2.75) is 0 Å². The minimum absolute atomic E-state index is 0.390. The molecule has 9 heterocycles. The first-order valence-corrected chi connectivity index (χ1v) is 19.0. The molecule has 0 fully saturated rings. The Hall–Kier alpha value is -4.58. The lowest BCUT2D eigenvalue weighted by Gasteiger charge is -2.34. The summed E-state index contributed by atoms with van der Waals surface area (Å²) in [7, 11) is 0. The van der Waals surface area contributed by atoms with Gasteiger partial charge in [0, 0.05) is 0 Å². The van der Waals surface area contributed by atoms with Gasteiger partial charge in [0.05, 0.1) is 0 Å². The zero-order valence-corrected chi connectivity index (χ0v) is 28.2. The van der Waals surface area contributed by atoms with Gasteiger partial charge < -0.3 is 0 Å². The van der Waals surface area contributed by atoms with Crippen LogP contribution in [0.4, 0.5) is 30.0 Å². The smallest absolute Gasteiger partial charge is 0.246 e. The third-order valence-corrected chi connectivity index (χ3v) is 11.9. The summed E-state index contributed by atoms with van der Waals surface area (Å²) < 4.78 is 0. The maximum atomic E-state index is 5.05. The van der Waals surface area contributed by atoms with Crippen LogP contribution in [0, 0.1) is 0 Å². The largest absolute Gasteiger partial charge is 0.260 e. The Morgan fingerprint density at radius 1 is 0.348 bits per heavy atom. The van der Waals surface area contributed by atoms with Crippen molar-refractivity contribution < 1.29 is 0 Å². The average Bonchev–Trinajstić information content (AvgIpc) is 3.90. The second kappa shape index (κ2) is 11.7. The Bertz CT molecular complexity index is 1800. The summed E-state index contributed by atoms with van der Waals surface area (Å²) in [5, 5.41) is 18.2. The third kappa shape index (κ3) is 4.86. The van der Waals surface area contributed by atoms with Crippen molar-refractivity contribution in [2.24, 2.45) is 30.0 Å². The lowest BCUT2D eigenvalue weighted by molar-refractivity contribution is 0.822. The zero-order valence-electron chi connectivity index (χ0n) is 23.3. The van der Waals surface area contributed by atoms with E-state index in [0.717, 1.165) is 30.0 Å². The van der Waals surface area contributed by atoms with Crippen LogP contribution in [-0.2, 0) is 0 Å². The second-order valence-corrected chi connectivity index (χ2v) is 15.1. The number of nitrogens with zero attached hydrogens (tertiary/aromatic N) is 10. The van der Waals surface area contributed by atoms with E-state index in [-0.39, 0.29) is 0 Å². The number of hydrogen-bond donors (Lipinski definition) is 0. The highest BCUT2D eigenvalue weighted by Gasteiger charge is 2.39. The van der Waals surface area contributed by atoms with Crippen LogP contribution in [0.15, 0.2) is 135 Å². The maximum absolute atomic E-state index is 5.05. The Balaban J connectivity index is 1.26. The van der Waals surface area contributed by atoms with Crippen LogP contribution in [0.25, 0.3) is 0 Å². The molecule has 6 aromatic heterocycles. The summed E-state index contributed by atoms with van der Waals surface area (Å²) >= 11 is 9.69. The predicted molar refractivity (Wildman–Crippen MR) is 199 cm³/mol. The van der Waals surface area contributed by atoms with Gasteiger partial charge in [0.15, 0.2) is 0 Å². The van der Waals surface area contributed by atoms with E-state index in [2.05, 4.69) is 36.4 Å². The molecule has 0 saturated carbocycles. The first kappa shape index (κ1) is 27.7. The molecular formula is C30H18N10S6. The first-order valence-electron chi connectivity index (χ1n) is 13.7. The van der Waals surface area contributed by atoms with E-state index in [4.69, 9.17) is 30.0 Å². The molecule has 0 bridgehead atoms. The average molecular weight is 711 g/mol. The van der Waals surface area contributed by atoms with Gasteiger partial charge >= 0.3 is 0 Å². The monoisotopic (exact) mass is 710 g/mol. The van der Waals surface area contributed by atoms with Crippen molar-refractivity contribution in [3.63, 3.8) is 0 Å². The van der Waals surface area contributed by atoms with E-state index in [0.29, 0.717) is 35.8 Å². The van der Waals surface area contributed by atoms with Gasteiger partial charge in [0.1, 0.15) is 30.0 Å². The van der Waals surface area contributed by atoms with E-state index in [1.54, 1.807) is 72.9 Å². The zero-order chi connectivity index (χ0) is 30.5. The quantitative estimate of drug-likeness (QED) is 0.172. The van der Waals surface area contributed by atoms with Crippen LogP contribution in [0.5, 0.6) is 0 Å². The minimum atomic E-state index is 0.390. The molecule has 0 spiro atoms. The second-order valence-electron chi connectivity index (χ2n) is 9.52. The van der Waals surface area contributed by atoms with Crippen LogP contribution < -0.4 is 14.7 Å². The summed E-state index contributed by atoms with van der Waals surface area (Å²) in [6, 6.07) is 24.5. The molecule has 3 aliphatic rings. The van der Waals surface area contributed by atoms with E-state index >= 15 is 0 Å². The lowest BCUT2D eigenvalue weighted by Crippen LogP contribution is -2.51. The van der Waals surface area contributed by atoms with Crippen LogP contribution in [0.2, 0.25) is 0 Å². The SMILES string of the molecule is c1csc(N(C2=NC3=NC(N(c4cccs4)c4cccs4)=NC4=NC(N(c5cccs5)c5cccs5)=NC(=N2)N34)c2cccs2)c1. The van der Waals surface area contributed by atoms with Gasteiger partial charge in [0.25, 0.3) is 0 Å². The highest BCUT2D eigenvalue weighted by atomic mass is 32.1. The third-order valence-electron chi connectivity index (χ3n) is 6.76. The molecule has 10 nitrogen and oxygen atoms in total. The minimum Gasteiger partial charge on any atom is -0.260 e. The van der Waals surface area contributed by atoms with Crippen molar-refractivity contribution in [3.05, 3.63) is 105 Å². The van der Waals surface area contributed by atoms with E-state index in [1.807, 2.05) is 83.4 Å². The topological polar surface area (TPSA) is 87.1 Å². The highest BCUT2D eigenvalue weighted by Crippen LogP contribution is 2.38. The highest BCUT2D eigenvalue weighted by molar-refractivity contribution is 7.18. The summed E-state index contributed by atoms with van der Waals surface area (Å²) in [5.74, 6) is 2.54. The molecule has 46 heavy (non-hydrogen) atoms. The number of thiophene rings is 6. The molecule has 9 rings (SSSR count). The molecule has 3 aliphatic heterocycles. The van der Waals surface area contributed by atoms with Gasteiger partial charge in [-0.3, -0.25) is 14.7 Å². The summed E-state index contributed by atoms with van der Waals surface area (Å²) in [4.78, 5) is 38.1. The molecule has 0 amide bonds. The number of rotatable bonds is 6. The predicted octanol–water partition coefficient (Wildman–Crippen LogP) is 9.35. The Morgan fingerprint density at radius 3 is 0.783 bits per heavy atom. The molecule has 0 unspecified atom stereocenters. The normalized spacial score (nSPS) is 15.3. The van der Waals surface area contributed by atoms with Crippen molar-refractivity contribution in [2.75, 3.05) is 14.7 Å². The fraction of sp³-hybridized carbons (Fsp3) is 0. The van der Waals surface area contributed by atoms with Crippen LogP contribution in [0.1, 0.15) is 0 Å². The van der Waals surface area contributed by atoms with Gasteiger partial charge in [-0.1, -0.05) is 0 Å². The van der Waals surface area contributed by atoms with Crippen LogP contribution in [-0.4, -0.2) is 40.7 Å². The first-order chi connectivity index (χ1) is 22.8. The Morgan fingerprint density at radius 2 is 0.587 bits per heavy atom. The van der Waals surface area contributed by atoms with Crippen molar-refractivity contribution in [1.82, 2.24) is 4.90 Å². The molecule has 224 valence electrons. The molecular weight excluding hydrogens is 693 g/mol. The maximum Gasteiger partial charge on any atom is 0.246 e. The molecule has 16 heteroatoms. The van der Waals surface area contributed by atoms with Crippen LogP contribution >= 0.6 is 68.0 Å². The number of aliphatic imine (C=N–C) groups is 6. The molecule has 0 saturated heterocycles. The summed E-state index contributed by atoms with van der Waals surface area (Å²) in [6.45, 7) is 0. The van der Waals surface area contributed by atoms with Crippen molar-refractivity contribution in [1.29, 1.82) is 0 Å². The summed E-state index contributed by atoms with van der Waals surface area (Å²) in [5.41, 5.74) is 0. The van der Waals surface area contributed by atoms with Gasteiger partial charge in [0.2, 0.25) is 35.8 Å². The molecule has 0 radical (unpaired) electrons. The fourth-order valence-electron chi connectivity index (χ4n) is 4.85. The summed E-state index contributed by atoms with van der Waals surface area (Å²) in [6.07, 6.45) is 0. The van der Waals surface area contributed by atoms with Gasteiger partial charge in [-0.05, 0) is 105 Å². The van der Waals surface area contributed by atoms with Crippen molar-refractivity contribution >= 4 is 134 Å². The Kier molecular flexibility index (Phi) is 7.02. The van der Waals surface area contributed by atoms with Crippen LogP contribution in [0.3, 0.4) is 0 Å². The number of anilines is 6. The van der Waals surface area contributed by atoms with Gasteiger partial charge in [-0.15, -0.1) is 68.0 Å².